The van der Waals surface area contributed by atoms with E-state index < -0.39 is 23.9 Å². The summed E-state index contributed by atoms with van der Waals surface area (Å²) >= 11 is 0. The van der Waals surface area contributed by atoms with Crippen LogP contribution in [0.5, 0.6) is 0 Å². The van der Waals surface area contributed by atoms with Crippen LogP contribution in [0, 0.1) is 0 Å². The van der Waals surface area contributed by atoms with E-state index in [2.05, 4.69) is 5.32 Å². The Bertz CT molecular complexity index is 925. The quantitative estimate of drug-likeness (QED) is 0.753. The van der Waals surface area contributed by atoms with Crippen molar-refractivity contribution in [1.82, 2.24) is 5.06 Å². The summed E-state index contributed by atoms with van der Waals surface area (Å²) in [7, 11) is 1.27. The van der Waals surface area contributed by atoms with Gasteiger partial charge in [-0.1, -0.05) is 48.5 Å². The van der Waals surface area contributed by atoms with Crippen LogP contribution in [0.2, 0.25) is 0 Å². The molecule has 8 heteroatoms. The first-order chi connectivity index (χ1) is 14.0. The smallest absolute Gasteiger partial charge is 0.411 e. The SMILES string of the molecule is COC(=O)Nc1c(CCC(=O)ON2C(=O)CCC2=O)cccc1-c1ccccc1. The van der Waals surface area contributed by atoms with Gasteiger partial charge in [-0.2, -0.15) is 0 Å². The first-order valence-corrected chi connectivity index (χ1v) is 9.08. The lowest BCUT2D eigenvalue weighted by Gasteiger charge is -2.16. The molecule has 0 saturated carbocycles. The van der Waals surface area contributed by atoms with E-state index in [4.69, 9.17) is 9.57 Å². The summed E-state index contributed by atoms with van der Waals surface area (Å²) in [6.45, 7) is 0. The molecule has 1 fully saturated rings. The van der Waals surface area contributed by atoms with E-state index in [1.807, 2.05) is 42.5 Å². The van der Waals surface area contributed by atoms with Crippen LogP contribution in [-0.4, -0.2) is 36.0 Å². The second-order valence-electron chi connectivity index (χ2n) is 6.37. The van der Waals surface area contributed by atoms with Crippen molar-refractivity contribution in [3.63, 3.8) is 0 Å². The minimum Gasteiger partial charge on any atom is -0.453 e. The molecule has 0 radical (unpaired) electrons. The van der Waals surface area contributed by atoms with Crippen LogP contribution in [0.15, 0.2) is 48.5 Å². The topological polar surface area (TPSA) is 102 Å². The van der Waals surface area contributed by atoms with Gasteiger partial charge in [0.05, 0.1) is 19.2 Å². The van der Waals surface area contributed by atoms with E-state index in [1.165, 1.54) is 7.11 Å². The van der Waals surface area contributed by atoms with Crippen molar-refractivity contribution < 1.29 is 28.8 Å². The zero-order valence-electron chi connectivity index (χ0n) is 15.8. The van der Waals surface area contributed by atoms with Crippen LogP contribution < -0.4 is 5.32 Å². The number of ether oxygens (including phenoxy) is 1. The molecule has 0 spiro atoms. The molecule has 1 N–H and O–H groups in total. The Morgan fingerprint density at radius 1 is 1.00 bits per heavy atom. The summed E-state index contributed by atoms with van der Waals surface area (Å²) < 4.78 is 4.71. The first kappa shape index (κ1) is 20.1. The van der Waals surface area contributed by atoms with Gasteiger partial charge >= 0.3 is 12.1 Å². The number of carbonyl (C=O) groups is 4. The summed E-state index contributed by atoms with van der Waals surface area (Å²) in [6, 6.07) is 14.9. The zero-order chi connectivity index (χ0) is 20.8. The van der Waals surface area contributed by atoms with Gasteiger partial charge in [0.1, 0.15) is 0 Å². The molecular formula is C21H20N2O6. The molecule has 1 saturated heterocycles. The van der Waals surface area contributed by atoms with Crippen molar-refractivity contribution in [3.05, 3.63) is 54.1 Å². The standard InChI is InChI=1S/C21H20N2O6/c1-28-21(27)22-20-15(8-5-9-16(20)14-6-3-2-4-7-14)10-13-19(26)29-23-17(24)11-12-18(23)25/h2-9H,10-13H2,1H3,(H,22,27). The number of amides is 3. The number of para-hydroxylation sites is 1. The number of benzene rings is 2. The fourth-order valence-electron chi connectivity index (χ4n) is 3.01. The van der Waals surface area contributed by atoms with E-state index in [0.717, 1.165) is 11.1 Å². The van der Waals surface area contributed by atoms with E-state index >= 15 is 0 Å². The fourth-order valence-corrected chi connectivity index (χ4v) is 3.01. The number of carbonyl (C=O) groups excluding carboxylic acids is 4. The average Bonchev–Trinajstić information content (AvgIpc) is 3.05. The van der Waals surface area contributed by atoms with Gasteiger partial charge in [0, 0.05) is 18.4 Å². The Hall–Kier alpha value is -3.68. The average molecular weight is 396 g/mol. The molecule has 8 nitrogen and oxygen atoms in total. The molecule has 1 aliphatic rings. The van der Waals surface area contributed by atoms with Crippen molar-refractivity contribution in [3.8, 4) is 11.1 Å². The Labute approximate surface area is 167 Å². The lowest BCUT2D eigenvalue weighted by atomic mass is 9.97. The van der Waals surface area contributed by atoms with Crippen molar-refractivity contribution in [2.24, 2.45) is 0 Å². The first-order valence-electron chi connectivity index (χ1n) is 9.08. The second-order valence-corrected chi connectivity index (χ2v) is 6.37. The molecule has 0 aliphatic carbocycles. The van der Waals surface area contributed by atoms with E-state index in [0.29, 0.717) is 16.3 Å². The summed E-state index contributed by atoms with van der Waals surface area (Å²) in [4.78, 5) is 52.0. The molecule has 3 rings (SSSR count). The second kappa shape index (κ2) is 9.01. The predicted molar refractivity (Wildman–Crippen MR) is 103 cm³/mol. The normalized spacial score (nSPS) is 13.3. The van der Waals surface area contributed by atoms with Crippen LogP contribution in [0.25, 0.3) is 11.1 Å². The molecule has 29 heavy (non-hydrogen) atoms. The fraction of sp³-hybridized carbons (Fsp3) is 0.238. The Morgan fingerprint density at radius 2 is 1.69 bits per heavy atom. The summed E-state index contributed by atoms with van der Waals surface area (Å²) in [5.41, 5.74) is 2.86. The van der Waals surface area contributed by atoms with Gasteiger partial charge in [0.25, 0.3) is 11.8 Å². The molecule has 1 aliphatic heterocycles. The molecule has 2 aromatic carbocycles. The van der Waals surface area contributed by atoms with Gasteiger partial charge in [-0.3, -0.25) is 14.9 Å². The van der Waals surface area contributed by atoms with Crippen LogP contribution in [0.4, 0.5) is 10.5 Å². The third kappa shape index (κ3) is 4.78. The van der Waals surface area contributed by atoms with Crippen LogP contribution in [0.1, 0.15) is 24.8 Å². The van der Waals surface area contributed by atoms with E-state index in [-0.39, 0.29) is 25.7 Å². The number of anilines is 1. The zero-order valence-corrected chi connectivity index (χ0v) is 15.8. The van der Waals surface area contributed by atoms with Crippen LogP contribution in [0.3, 0.4) is 0 Å². The summed E-state index contributed by atoms with van der Waals surface area (Å²) in [5, 5.41) is 3.23. The lowest BCUT2D eigenvalue weighted by Crippen LogP contribution is -2.32. The number of hydroxylamine groups is 2. The highest BCUT2D eigenvalue weighted by Crippen LogP contribution is 2.32. The number of hydrogen-bond acceptors (Lipinski definition) is 6. The number of methoxy groups -OCH3 is 1. The third-order valence-electron chi connectivity index (χ3n) is 4.45. The summed E-state index contributed by atoms with van der Waals surface area (Å²) in [6.07, 6.45) is -0.401. The van der Waals surface area contributed by atoms with Crippen molar-refractivity contribution >= 4 is 29.6 Å². The van der Waals surface area contributed by atoms with E-state index in [1.54, 1.807) is 6.07 Å². The number of imide groups is 1. The van der Waals surface area contributed by atoms with Gasteiger partial charge in [0.2, 0.25) is 0 Å². The maximum atomic E-state index is 12.1. The number of aryl methyl sites for hydroxylation is 1. The van der Waals surface area contributed by atoms with Gasteiger partial charge in [0.15, 0.2) is 0 Å². The molecule has 3 amide bonds. The minimum atomic E-state index is -0.706. The van der Waals surface area contributed by atoms with Gasteiger partial charge < -0.3 is 9.57 Å². The number of nitrogens with one attached hydrogen (secondary N) is 1. The van der Waals surface area contributed by atoms with Gasteiger partial charge in [-0.25, -0.2) is 9.59 Å². The Morgan fingerprint density at radius 3 is 2.34 bits per heavy atom. The number of hydrogen-bond donors (Lipinski definition) is 1. The van der Waals surface area contributed by atoms with Gasteiger partial charge in [-0.05, 0) is 17.5 Å². The minimum absolute atomic E-state index is 0.0401. The third-order valence-corrected chi connectivity index (χ3v) is 4.45. The predicted octanol–water partition coefficient (Wildman–Crippen LogP) is 3.07. The monoisotopic (exact) mass is 396 g/mol. The Kier molecular flexibility index (Phi) is 6.23. The number of rotatable bonds is 6. The maximum Gasteiger partial charge on any atom is 0.411 e. The van der Waals surface area contributed by atoms with Crippen LogP contribution >= 0.6 is 0 Å². The molecule has 1 heterocycles. The van der Waals surface area contributed by atoms with Crippen molar-refractivity contribution in [1.29, 1.82) is 0 Å². The Balaban J connectivity index is 1.79. The highest BCUT2D eigenvalue weighted by atomic mass is 16.7. The molecule has 0 unspecified atom stereocenters. The van der Waals surface area contributed by atoms with E-state index in [9.17, 15) is 19.2 Å². The lowest BCUT2D eigenvalue weighted by molar-refractivity contribution is -0.197. The highest BCUT2D eigenvalue weighted by molar-refractivity contribution is 6.01. The maximum absolute atomic E-state index is 12.1. The molecule has 0 atom stereocenters. The van der Waals surface area contributed by atoms with Crippen molar-refractivity contribution in [2.75, 3.05) is 12.4 Å². The van der Waals surface area contributed by atoms with Crippen LogP contribution in [-0.2, 0) is 30.4 Å². The molecule has 0 aromatic heterocycles. The molecule has 150 valence electrons. The molecule has 2 aromatic rings. The summed E-state index contributed by atoms with van der Waals surface area (Å²) in [5.74, 6) is -1.76. The largest absolute Gasteiger partial charge is 0.453 e. The van der Waals surface area contributed by atoms with Gasteiger partial charge in [-0.15, -0.1) is 5.06 Å². The highest BCUT2D eigenvalue weighted by Gasteiger charge is 2.32. The number of nitrogens with zero attached hydrogens (tertiary/aromatic N) is 1. The molecule has 0 bridgehead atoms. The van der Waals surface area contributed by atoms with Crippen molar-refractivity contribution in [2.45, 2.75) is 25.7 Å². The molecular weight excluding hydrogens is 376 g/mol.